The summed E-state index contributed by atoms with van der Waals surface area (Å²) in [6.07, 6.45) is 2.20. The van der Waals surface area contributed by atoms with Gasteiger partial charge in [-0.3, -0.25) is 14.9 Å². The van der Waals surface area contributed by atoms with E-state index in [0.717, 1.165) is 16.1 Å². The van der Waals surface area contributed by atoms with Gasteiger partial charge in [-0.05, 0) is 31.5 Å². The van der Waals surface area contributed by atoms with Crippen LogP contribution in [0.25, 0.3) is 0 Å². The number of nitrogens with one attached hydrogen (secondary N) is 2. The van der Waals surface area contributed by atoms with Crippen molar-refractivity contribution in [3.8, 4) is 0 Å². The molecule has 0 spiro atoms. The molecule has 3 heterocycles. The molecule has 7 nitrogen and oxygen atoms in total. The maximum Gasteiger partial charge on any atom is 0.260 e. The Morgan fingerprint density at radius 3 is 2.66 bits per heavy atom. The fourth-order valence-corrected chi connectivity index (χ4v) is 4.93. The number of rotatable bonds is 7. The Bertz CT molecular complexity index is 1280. The number of benzene rings is 1. The third-order valence-electron chi connectivity index (χ3n) is 4.67. The second kappa shape index (κ2) is 9.64. The normalized spacial score (nSPS) is 10.8. The number of furan rings is 1. The maximum absolute atomic E-state index is 12.5. The van der Waals surface area contributed by atoms with Crippen molar-refractivity contribution >= 4 is 56.4 Å². The van der Waals surface area contributed by atoms with Gasteiger partial charge in [-0.15, -0.1) is 22.7 Å². The van der Waals surface area contributed by atoms with Crippen LogP contribution in [0.4, 0.5) is 10.3 Å². The van der Waals surface area contributed by atoms with E-state index in [-0.39, 0.29) is 18.2 Å². The molecule has 3 aromatic heterocycles. The quantitative estimate of drug-likeness (QED) is 0.360. The Morgan fingerprint density at radius 2 is 1.91 bits per heavy atom. The van der Waals surface area contributed by atoms with E-state index < -0.39 is 0 Å². The number of halogens is 1. The van der Waals surface area contributed by atoms with Crippen molar-refractivity contribution in [3.05, 3.63) is 80.1 Å². The van der Waals surface area contributed by atoms with Crippen molar-refractivity contribution in [2.75, 3.05) is 10.6 Å². The molecule has 4 rings (SSSR count). The van der Waals surface area contributed by atoms with Crippen LogP contribution in [-0.4, -0.2) is 21.8 Å². The SMILES string of the molecule is Cc1nc(NC(=O)Cc2csc(NC(=O)c3ccoc3C)n2)sc1Cc1ccccc1Cl. The van der Waals surface area contributed by atoms with Gasteiger partial charge in [0.25, 0.3) is 5.91 Å². The summed E-state index contributed by atoms with van der Waals surface area (Å²) in [5, 5.41) is 8.96. The summed E-state index contributed by atoms with van der Waals surface area (Å²) in [6.45, 7) is 3.63. The van der Waals surface area contributed by atoms with Crippen molar-refractivity contribution in [1.82, 2.24) is 9.97 Å². The number of hydrogen-bond acceptors (Lipinski definition) is 7. The van der Waals surface area contributed by atoms with Crippen LogP contribution < -0.4 is 10.6 Å². The maximum atomic E-state index is 12.5. The molecule has 0 aliphatic heterocycles. The first-order valence-electron chi connectivity index (χ1n) is 9.68. The van der Waals surface area contributed by atoms with Gasteiger partial charge < -0.3 is 9.73 Å². The molecule has 0 aliphatic carbocycles. The number of nitrogens with zero attached hydrogens (tertiary/aromatic N) is 2. The highest BCUT2D eigenvalue weighted by Crippen LogP contribution is 2.28. The third kappa shape index (κ3) is 5.24. The lowest BCUT2D eigenvalue weighted by Gasteiger charge is -2.02. The molecule has 1 aromatic carbocycles. The Labute approximate surface area is 197 Å². The highest BCUT2D eigenvalue weighted by atomic mass is 35.5. The van der Waals surface area contributed by atoms with E-state index in [9.17, 15) is 9.59 Å². The molecule has 0 unspecified atom stereocenters. The van der Waals surface area contributed by atoms with Gasteiger partial charge in [0, 0.05) is 21.7 Å². The molecule has 32 heavy (non-hydrogen) atoms. The molecule has 0 radical (unpaired) electrons. The first kappa shape index (κ1) is 22.2. The van der Waals surface area contributed by atoms with Gasteiger partial charge in [-0.2, -0.15) is 0 Å². The van der Waals surface area contributed by atoms with Crippen LogP contribution in [0.2, 0.25) is 5.02 Å². The van der Waals surface area contributed by atoms with E-state index in [0.29, 0.717) is 38.7 Å². The molecule has 2 N–H and O–H groups in total. The van der Waals surface area contributed by atoms with Crippen LogP contribution in [-0.2, 0) is 17.6 Å². The zero-order valence-corrected chi connectivity index (χ0v) is 19.7. The lowest BCUT2D eigenvalue weighted by Crippen LogP contribution is -2.15. The summed E-state index contributed by atoms with van der Waals surface area (Å²) in [5.41, 5.74) is 2.89. The zero-order valence-electron chi connectivity index (χ0n) is 17.3. The topological polar surface area (TPSA) is 97.1 Å². The van der Waals surface area contributed by atoms with Gasteiger partial charge in [-0.1, -0.05) is 29.8 Å². The molecule has 164 valence electrons. The number of carbonyl (C=O) groups excluding carboxylic acids is 2. The number of hydrogen-bond donors (Lipinski definition) is 2. The van der Waals surface area contributed by atoms with Crippen LogP contribution in [0.3, 0.4) is 0 Å². The van der Waals surface area contributed by atoms with Crippen LogP contribution in [0.15, 0.2) is 46.4 Å². The Morgan fingerprint density at radius 1 is 1.09 bits per heavy atom. The first-order chi connectivity index (χ1) is 15.4. The molecule has 0 aliphatic rings. The second-order valence-electron chi connectivity index (χ2n) is 7.01. The fourth-order valence-electron chi connectivity index (χ4n) is 3.02. The predicted octanol–water partition coefficient (Wildman–Crippen LogP) is 5.49. The van der Waals surface area contributed by atoms with Crippen LogP contribution >= 0.6 is 34.3 Å². The first-order valence-corrected chi connectivity index (χ1v) is 11.8. The molecule has 10 heteroatoms. The van der Waals surface area contributed by atoms with E-state index in [1.165, 1.54) is 28.9 Å². The molecule has 0 saturated carbocycles. The van der Waals surface area contributed by atoms with Crippen molar-refractivity contribution < 1.29 is 14.0 Å². The number of aromatic nitrogens is 2. The van der Waals surface area contributed by atoms with Gasteiger partial charge in [0.1, 0.15) is 5.76 Å². The Hall–Kier alpha value is -3.01. The molecular formula is C22H19ClN4O3S2. The van der Waals surface area contributed by atoms with Gasteiger partial charge in [0.15, 0.2) is 10.3 Å². The van der Waals surface area contributed by atoms with E-state index in [1.807, 2.05) is 31.2 Å². The van der Waals surface area contributed by atoms with Crippen molar-refractivity contribution in [2.24, 2.45) is 0 Å². The van der Waals surface area contributed by atoms with E-state index in [2.05, 4.69) is 20.6 Å². The largest absolute Gasteiger partial charge is 0.469 e. The number of aryl methyl sites for hydroxylation is 2. The molecule has 0 saturated heterocycles. The van der Waals surface area contributed by atoms with Gasteiger partial charge in [-0.25, -0.2) is 9.97 Å². The van der Waals surface area contributed by atoms with Crippen molar-refractivity contribution in [2.45, 2.75) is 26.7 Å². The number of thiazole rings is 2. The summed E-state index contributed by atoms with van der Waals surface area (Å²) in [7, 11) is 0. The van der Waals surface area contributed by atoms with Gasteiger partial charge in [0.05, 0.1) is 29.6 Å². The molecule has 0 fully saturated rings. The Balaban J connectivity index is 1.35. The monoisotopic (exact) mass is 486 g/mol. The molecular weight excluding hydrogens is 468 g/mol. The number of amides is 2. The summed E-state index contributed by atoms with van der Waals surface area (Å²) in [4.78, 5) is 34.6. The summed E-state index contributed by atoms with van der Waals surface area (Å²) in [5.74, 6) is 0.00844. The lowest BCUT2D eigenvalue weighted by molar-refractivity contribution is -0.115. The van der Waals surface area contributed by atoms with Crippen LogP contribution in [0, 0.1) is 13.8 Å². The number of anilines is 2. The van der Waals surface area contributed by atoms with Crippen LogP contribution in [0.1, 0.15) is 37.9 Å². The second-order valence-corrected chi connectivity index (χ2v) is 9.36. The van der Waals surface area contributed by atoms with Crippen molar-refractivity contribution in [1.29, 1.82) is 0 Å². The standard InChI is InChI=1S/C22H19ClN4O3S2/c1-12-18(9-14-5-3-4-6-17(14)23)32-22(24-12)26-19(28)10-15-11-31-21(25-15)27-20(29)16-7-8-30-13(16)2/h3-8,11H,9-10H2,1-2H3,(H,24,26,28)(H,25,27,29). The summed E-state index contributed by atoms with van der Waals surface area (Å²) >= 11 is 8.94. The number of carbonyl (C=O) groups is 2. The van der Waals surface area contributed by atoms with Crippen molar-refractivity contribution in [3.63, 3.8) is 0 Å². The average molecular weight is 487 g/mol. The summed E-state index contributed by atoms with van der Waals surface area (Å²) in [6, 6.07) is 9.28. The van der Waals surface area contributed by atoms with E-state index >= 15 is 0 Å². The smallest absolute Gasteiger partial charge is 0.260 e. The highest BCUT2D eigenvalue weighted by molar-refractivity contribution is 7.16. The minimum Gasteiger partial charge on any atom is -0.469 e. The van der Waals surface area contributed by atoms with E-state index in [1.54, 1.807) is 18.4 Å². The summed E-state index contributed by atoms with van der Waals surface area (Å²) < 4.78 is 5.14. The molecule has 0 atom stereocenters. The molecule has 2 amide bonds. The molecule has 0 bridgehead atoms. The fraction of sp³-hybridized carbons (Fsp3) is 0.182. The minimum atomic E-state index is -0.300. The average Bonchev–Trinajstić information content (AvgIpc) is 3.45. The third-order valence-corrected chi connectivity index (χ3v) is 6.91. The lowest BCUT2D eigenvalue weighted by atomic mass is 10.1. The molecule has 4 aromatic rings. The highest BCUT2D eigenvalue weighted by Gasteiger charge is 2.16. The zero-order chi connectivity index (χ0) is 22.7. The van der Waals surface area contributed by atoms with Gasteiger partial charge in [0.2, 0.25) is 5.91 Å². The van der Waals surface area contributed by atoms with Crippen LogP contribution in [0.5, 0.6) is 0 Å². The van der Waals surface area contributed by atoms with Gasteiger partial charge >= 0.3 is 0 Å². The van der Waals surface area contributed by atoms with E-state index in [4.69, 9.17) is 16.0 Å². The predicted molar refractivity (Wildman–Crippen MR) is 127 cm³/mol. The minimum absolute atomic E-state index is 0.0790. The Kier molecular flexibility index (Phi) is 6.69.